The molecule has 0 radical (unpaired) electrons. The fraction of sp³-hybridized carbons (Fsp3) is 0.588. The van der Waals surface area contributed by atoms with E-state index in [0.717, 1.165) is 44.2 Å². The first kappa shape index (κ1) is 18.9. The van der Waals surface area contributed by atoms with Crippen LogP contribution in [0, 0.1) is 5.92 Å². The molecule has 1 aliphatic carbocycles. The predicted octanol–water partition coefficient (Wildman–Crippen LogP) is 4.60. The van der Waals surface area contributed by atoms with Crippen LogP contribution >= 0.6 is 35.6 Å². The van der Waals surface area contributed by atoms with Crippen molar-refractivity contribution in [2.75, 3.05) is 6.54 Å². The van der Waals surface area contributed by atoms with Crippen LogP contribution in [0.2, 0.25) is 10.0 Å². The van der Waals surface area contributed by atoms with Gasteiger partial charge in [-0.1, -0.05) is 35.7 Å². The predicted molar refractivity (Wildman–Crippen MR) is 97.3 cm³/mol. The largest absolute Gasteiger partial charge is 0.336 e. The summed E-state index contributed by atoms with van der Waals surface area (Å²) in [5.41, 5.74) is 7.18. The van der Waals surface area contributed by atoms with Crippen LogP contribution in [0.5, 0.6) is 0 Å². The minimum Gasteiger partial charge on any atom is -0.336 e. The monoisotopic (exact) mass is 376 g/mol. The lowest BCUT2D eigenvalue weighted by atomic mass is 9.98. The number of nitrogens with two attached hydrogens (primary N) is 1. The lowest BCUT2D eigenvalue weighted by Crippen LogP contribution is -2.35. The van der Waals surface area contributed by atoms with Crippen molar-refractivity contribution >= 4 is 41.5 Å². The summed E-state index contributed by atoms with van der Waals surface area (Å²) < 4.78 is 0. The maximum absolute atomic E-state index is 12.7. The third-order valence-corrected chi connectivity index (χ3v) is 5.80. The van der Waals surface area contributed by atoms with Crippen LogP contribution in [0.15, 0.2) is 18.2 Å². The summed E-state index contributed by atoms with van der Waals surface area (Å²) in [5.74, 6) is 0.582. The molecule has 2 fully saturated rings. The zero-order valence-electron chi connectivity index (χ0n) is 13.0. The van der Waals surface area contributed by atoms with Crippen LogP contribution in [0.4, 0.5) is 0 Å². The number of benzene rings is 1. The fourth-order valence-corrected chi connectivity index (χ4v) is 4.10. The summed E-state index contributed by atoms with van der Waals surface area (Å²) in [6.45, 7) is 0.825. The molecule has 1 heterocycles. The van der Waals surface area contributed by atoms with Crippen molar-refractivity contribution in [2.45, 2.75) is 50.6 Å². The van der Waals surface area contributed by atoms with Gasteiger partial charge in [-0.3, -0.25) is 4.79 Å². The van der Waals surface area contributed by atoms with E-state index in [-0.39, 0.29) is 30.4 Å². The molecule has 128 valence electrons. The van der Waals surface area contributed by atoms with Crippen LogP contribution < -0.4 is 5.73 Å². The van der Waals surface area contributed by atoms with Gasteiger partial charge in [-0.25, -0.2) is 0 Å². The Morgan fingerprint density at radius 3 is 2.61 bits per heavy atom. The van der Waals surface area contributed by atoms with Crippen molar-refractivity contribution < 1.29 is 4.79 Å². The van der Waals surface area contributed by atoms with Gasteiger partial charge in [0.05, 0.1) is 16.1 Å². The van der Waals surface area contributed by atoms with E-state index in [0.29, 0.717) is 22.4 Å². The normalized spacial score (nSPS) is 27.1. The van der Waals surface area contributed by atoms with Crippen LogP contribution in [0.1, 0.15) is 50.1 Å². The van der Waals surface area contributed by atoms with Gasteiger partial charge in [0, 0.05) is 19.0 Å². The number of carbonyl (C=O) groups excluding carboxylic acids is 1. The average Bonchev–Trinajstić information content (AvgIpc) is 3.12. The second-order valence-corrected chi connectivity index (χ2v) is 7.29. The van der Waals surface area contributed by atoms with E-state index >= 15 is 0 Å². The van der Waals surface area contributed by atoms with E-state index in [4.69, 9.17) is 28.9 Å². The number of likely N-dealkylation sites (tertiary alicyclic amines) is 1. The highest BCUT2D eigenvalue weighted by molar-refractivity contribution is 6.42. The highest BCUT2D eigenvalue weighted by Gasteiger charge is 2.33. The first-order valence-electron chi connectivity index (χ1n) is 8.06. The first-order valence-corrected chi connectivity index (χ1v) is 8.82. The van der Waals surface area contributed by atoms with Gasteiger partial charge in [0.1, 0.15) is 0 Å². The van der Waals surface area contributed by atoms with Gasteiger partial charge in [0.15, 0.2) is 0 Å². The zero-order valence-corrected chi connectivity index (χ0v) is 15.3. The Morgan fingerprint density at radius 2 is 1.96 bits per heavy atom. The van der Waals surface area contributed by atoms with E-state index < -0.39 is 0 Å². The Labute approximate surface area is 153 Å². The van der Waals surface area contributed by atoms with E-state index in [2.05, 4.69) is 0 Å². The second-order valence-electron chi connectivity index (χ2n) is 6.48. The molecule has 2 aliphatic rings. The number of nitrogens with zero attached hydrogens (tertiary/aromatic N) is 1. The topological polar surface area (TPSA) is 46.3 Å². The van der Waals surface area contributed by atoms with Crippen molar-refractivity contribution in [3.8, 4) is 0 Å². The highest BCUT2D eigenvalue weighted by Crippen LogP contribution is 2.36. The van der Waals surface area contributed by atoms with E-state index in [1.165, 1.54) is 0 Å². The van der Waals surface area contributed by atoms with Gasteiger partial charge >= 0.3 is 0 Å². The maximum Gasteiger partial charge on any atom is 0.223 e. The molecule has 23 heavy (non-hydrogen) atoms. The number of hydrogen-bond donors (Lipinski definition) is 1. The number of carbonyl (C=O) groups is 1. The molecular weight excluding hydrogens is 355 g/mol. The van der Waals surface area contributed by atoms with Crippen molar-refractivity contribution in [3.05, 3.63) is 33.8 Å². The number of halogens is 3. The molecule has 6 heteroatoms. The van der Waals surface area contributed by atoms with Crippen LogP contribution in [-0.4, -0.2) is 23.4 Å². The highest BCUT2D eigenvalue weighted by atomic mass is 35.5. The lowest BCUT2D eigenvalue weighted by molar-refractivity contribution is -0.133. The average molecular weight is 378 g/mol. The molecule has 0 aromatic heterocycles. The molecule has 3 rings (SSSR count). The summed E-state index contributed by atoms with van der Waals surface area (Å²) >= 11 is 12.1. The number of hydrogen-bond acceptors (Lipinski definition) is 2. The summed E-state index contributed by atoms with van der Waals surface area (Å²) in [4.78, 5) is 14.7. The fourth-order valence-electron chi connectivity index (χ4n) is 3.79. The van der Waals surface area contributed by atoms with Crippen molar-refractivity contribution in [3.63, 3.8) is 0 Å². The maximum atomic E-state index is 12.7. The van der Waals surface area contributed by atoms with E-state index in [1.807, 2.05) is 23.1 Å². The molecule has 1 saturated heterocycles. The molecule has 1 aliphatic heterocycles. The van der Waals surface area contributed by atoms with Gasteiger partial charge in [-0.15, -0.1) is 12.4 Å². The second kappa shape index (κ2) is 8.06. The Balaban J connectivity index is 0.00000192. The molecule has 1 aromatic rings. The van der Waals surface area contributed by atoms with Crippen molar-refractivity contribution in [1.82, 2.24) is 4.90 Å². The third-order valence-electron chi connectivity index (χ3n) is 5.06. The summed E-state index contributed by atoms with van der Waals surface area (Å²) in [6, 6.07) is 6.00. The Morgan fingerprint density at radius 1 is 1.17 bits per heavy atom. The summed E-state index contributed by atoms with van der Waals surface area (Å²) in [5, 5.41) is 1.11. The van der Waals surface area contributed by atoms with Gasteiger partial charge in [-0.2, -0.15) is 0 Å². The smallest absolute Gasteiger partial charge is 0.223 e. The lowest BCUT2D eigenvalue weighted by Gasteiger charge is -2.27. The van der Waals surface area contributed by atoms with Crippen LogP contribution in [0.3, 0.4) is 0 Å². The Hall–Kier alpha value is -0.480. The molecule has 1 aromatic carbocycles. The van der Waals surface area contributed by atoms with Gasteiger partial charge in [-0.05, 0) is 49.3 Å². The third kappa shape index (κ3) is 4.14. The number of rotatable bonds is 3. The van der Waals surface area contributed by atoms with E-state index in [1.54, 1.807) is 0 Å². The van der Waals surface area contributed by atoms with Crippen LogP contribution in [-0.2, 0) is 4.79 Å². The molecule has 2 N–H and O–H groups in total. The molecule has 1 amide bonds. The quantitative estimate of drug-likeness (QED) is 0.837. The summed E-state index contributed by atoms with van der Waals surface area (Å²) in [7, 11) is 0. The van der Waals surface area contributed by atoms with Crippen molar-refractivity contribution in [2.24, 2.45) is 11.7 Å². The minimum absolute atomic E-state index is 0. The standard InChI is InChI=1S/C17H22Cl2N2O.ClH/c18-13-7-6-12(9-14(13)19)16-5-2-8-21(16)17(22)10-11-3-1-4-15(11)20;/h6-7,9,11,15-16H,1-5,8,10,20H2;1H/t11-,15+,16?;/m0./s1. The van der Waals surface area contributed by atoms with Crippen molar-refractivity contribution in [1.29, 1.82) is 0 Å². The molecule has 1 unspecified atom stereocenters. The molecule has 3 atom stereocenters. The van der Waals surface area contributed by atoms with E-state index in [9.17, 15) is 4.79 Å². The van der Waals surface area contributed by atoms with Gasteiger partial charge < -0.3 is 10.6 Å². The molecule has 0 spiro atoms. The Bertz CT molecular complexity index is 567. The number of amides is 1. The summed E-state index contributed by atoms with van der Waals surface area (Å²) in [6.07, 6.45) is 5.88. The SMILES string of the molecule is Cl.N[C@@H]1CCC[C@H]1CC(=O)N1CCCC1c1ccc(Cl)c(Cl)c1. The molecular formula is C17H23Cl3N2O. The van der Waals surface area contributed by atoms with Gasteiger partial charge in [0.25, 0.3) is 0 Å². The zero-order chi connectivity index (χ0) is 15.7. The van der Waals surface area contributed by atoms with Crippen LogP contribution in [0.25, 0.3) is 0 Å². The first-order chi connectivity index (χ1) is 10.6. The molecule has 3 nitrogen and oxygen atoms in total. The van der Waals surface area contributed by atoms with Gasteiger partial charge in [0.2, 0.25) is 5.91 Å². The minimum atomic E-state index is 0. The Kier molecular flexibility index (Phi) is 6.61. The molecule has 0 bridgehead atoms. The molecule has 1 saturated carbocycles.